The second-order valence-corrected chi connectivity index (χ2v) is 7.62. The smallest absolute Gasteiger partial charge is 0.0271 e. The summed E-state index contributed by atoms with van der Waals surface area (Å²) in [6.07, 6.45) is 9.08. The van der Waals surface area contributed by atoms with Crippen molar-refractivity contribution in [2.75, 3.05) is 0 Å². The first-order chi connectivity index (χ1) is 7.51. The van der Waals surface area contributed by atoms with Crippen molar-refractivity contribution in [3.63, 3.8) is 0 Å². The maximum Gasteiger partial charge on any atom is -0.0271 e. The van der Waals surface area contributed by atoms with E-state index in [0.717, 1.165) is 29.1 Å². The van der Waals surface area contributed by atoms with Crippen LogP contribution in [0.4, 0.5) is 0 Å². The molecular formula is C16H28. The Bertz CT molecular complexity index is 294. The molecule has 0 N–H and O–H groups in total. The van der Waals surface area contributed by atoms with Gasteiger partial charge >= 0.3 is 0 Å². The highest BCUT2D eigenvalue weighted by atomic mass is 14.7. The summed E-state index contributed by atoms with van der Waals surface area (Å²) >= 11 is 0. The maximum absolute atomic E-state index is 2.60. The minimum absolute atomic E-state index is 0.665. The largest absolute Gasteiger partial charge is 0.0648 e. The predicted molar refractivity (Wildman–Crippen MR) is 69.2 cm³/mol. The van der Waals surface area contributed by atoms with Crippen molar-refractivity contribution in [3.8, 4) is 0 Å². The molecule has 0 aliphatic heterocycles. The van der Waals surface area contributed by atoms with E-state index in [-0.39, 0.29) is 0 Å². The molecule has 0 aromatic carbocycles. The van der Waals surface area contributed by atoms with Gasteiger partial charge in [-0.2, -0.15) is 0 Å². The van der Waals surface area contributed by atoms with Gasteiger partial charge in [0.05, 0.1) is 0 Å². The van der Waals surface area contributed by atoms with E-state index in [4.69, 9.17) is 0 Å². The van der Waals surface area contributed by atoms with Gasteiger partial charge in [-0.15, -0.1) is 0 Å². The number of hydrogen-bond donors (Lipinski definition) is 0. The van der Waals surface area contributed by atoms with Crippen molar-refractivity contribution in [2.24, 2.45) is 34.5 Å². The fourth-order valence-corrected chi connectivity index (χ4v) is 5.88. The van der Waals surface area contributed by atoms with Crippen LogP contribution in [0.3, 0.4) is 0 Å². The summed E-state index contributed by atoms with van der Waals surface area (Å²) in [7, 11) is 0. The van der Waals surface area contributed by atoms with Crippen molar-refractivity contribution in [3.05, 3.63) is 0 Å². The molecule has 0 radical (unpaired) electrons. The van der Waals surface area contributed by atoms with E-state index in [1.165, 1.54) is 25.7 Å². The van der Waals surface area contributed by atoms with Crippen LogP contribution in [0, 0.1) is 34.5 Å². The lowest BCUT2D eigenvalue weighted by Crippen LogP contribution is -2.28. The Morgan fingerprint density at radius 3 is 2.62 bits per heavy atom. The summed E-state index contributed by atoms with van der Waals surface area (Å²) in [4.78, 5) is 0. The van der Waals surface area contributed by atoms with Crippen LogP contribution in [0.15, 0.2) is 0 Å². The SMILES string of the molecule is CCC1(C)C(C)CC2C3CCCC3(C)CC21. The molecule has 0 saturated heterocycles. The lowest BCUT2D eigenvalue weighted by atomic mass is 9.69. The van der Waals surface area contributed by atoms with E-state index in [2.05, 4.69) is 27.7 Å². The van der Waals surface area contributed by atoms with Gasteiger partial charge in [-0.05, 0) is 60.2 Å². The van der Waals surface area contributed by atoms with Gasteiger partial charge in [0, 0.05) is 0 Å². The predicted octanol–water partition coefficient (Wildman–Crippen LogP) is 4.89. The summed E-state index contributed by atoms with van der Waals surface area (Å²) in [5.41, 5.74) is 1.41. The monoisotopic (exact) mass is 220 g/mol. The van der Waals surface area contributed by atoms with Gasteiger partial charge in [-0.3, -0.25) is 0 Å². The highest BCUT2D eigenvalue weighted by Gasteiger charge is 2.61. The van der Waals surface area contributed by atoms with Gasteiger partial charge in [-0.25, -0.2) is 0 Å². The van der Waals surface area contributed by atoms with E-state index in [9.17, 15) is 0 Å². The first-order valence-corrected chi connectivity index (χ1v) is 7.51. The molecule has 0 amide bonds. The molecular weight excluding hydrogens is 192 g/mol. The lowest BCUT2D eigenvalue weighted by Gasteiger charge is -2.36. The molecule has 16 heavy (non-hydrogen) atoms. The Labute approximate surface area is 101 Å². The van der Waals surface area contributed by atoms with Crippen LogP contribution in [-0.4, -0.2) is 0 Å². The average molecular weight is 220 g/mol. The highest BCUT2D eigenvalue weighted by molar-refractivity contribution is 5.10. The van der Waals surface area contributed by atoms with E-state index < -0.39 is 0 Å². The first kappa shape index (κ1) is 11.1. The van der Waals surface area contributed by atoms with E-state index >= 15 is 0 Å². The number of hydrogen-bond acceptors (Lipinski definition) is 0. The lowest BCUT2D eigenvalue weighted by molar-refractivity contribution is 0.134. The van der Waals surface area contributed by atoms with Gasteiger partial charge in [0.15, 0.2) is 0 Å². The zero-order chi connectivity index (χ0) is 11.6. The molecule has 0 spiro atoms. The minimum atomic E-state index is 0.665. The summed E-state index contributed by atoms with van der Waals surface area (Å²) in [6.45, 7) is 10.1. The third-order valence-electron chi connectivity index (χ3n) is 7.24. The standard InChI is InChI=1S/C16H28/c1-5-16(4)11(2)9-12-13-7-6-8-15(13,3)10-14(12)16/h11-14H,5-10H2,1-4H3. The van der Waals surface area contributed by atoms with Crippen LogP contribution in [0.25, 0.3) is 0 Å². The van der Waals surface area contributed by atoms with Crippen molar-refractivity contribution in [1.82, 2.24) is 0 Å². The molecule has 0 heteroatoms. The fraction of sp³-hybridized carbons (Fsp3) is 1.00. The van der Waals surface area contributed by atoms with Gasteiger partial charge in [0.2, 0.25) is 0 Å². The molecule has 6 atom stereocenters. The van der Waals surface area contributed by atoms with Crippen LogP contribution in [0.2, 0.25) is 0 Å². The van der Waals surface area contributed by atoms with Crippen LogP contribution in [0.5, 0.6) is 0 Å². The molecule has 92 valence electrons. The molecule has 0 bridgehead atoms. The van der Waals surface area contributed by atoms with E-state index in [0.29, 0.717) is 5.41 Å². The van der Waals surface area contributed by atoms with Gasteiger partial charge in [0.25, 0.3) is 0 Å². The molecule has 3 rings (SSSR count). The Balaban J connectivity index is 1.92. The van der Waals surface area contributed by atoms with Gasteiger partial charge in [-0.1, -0.05) is 40.5 Å². The second kappa shape index (κ2) is 3.27. The molecule has 3 aliphatic rings. The summed E-state index contributed by atoms with van der Waals surface area (Å²) in [6, 6.07) is 0. The normalized spacial score (nSPS) is 60.0. The molecule has 3 aliphatic carbocycles. The quantitative estimate of drug-likeness (QED) is 0.590. The third kappa shape index (κ3) is 1.17. The van der Waals surface area contributed by atoms with Crippen molar-refractivity contribution in [2.45, 2.75) is 66.2 Å². The van der Waals surface area contributed by atoms with Crippen LogP contribution >= 0.6 is 0 Å². The summed E-state index contributed by atoms with van der Waals surface area (Å²) < 4.78 is 0. The molecule has 0 heterocycles. The molecule has 0 nitrogen and oxygen atoms in total. The van der Waals surface area contributed by atoms with Gasteiger partial charge in [0.1, 0.15) is 0 Å². The topological polar surface area (TPSA) is 0 Å². The molecule has 6 unspecified atom stereocenters. The average Bonchev–Trinajstić information content (AvgIpc) is 2.80. The van der Waals surface area contributed by atoms with Crippen LogP contribution < -0.4 is 0 Å². The highest BCUT2D eigenvalue weighted by Crippen LogP contribution is 2.69. The summed E-state index contributed by atoms with van der Waals surface area (Å²) in [5.74, 6) is 4.21. The van der Waals surface area contributed by atoms with Crippen LogP contribution in [0.1, 0.15) is 66.2 Å². The Hall–Kier alpha value is 0. The Morgan fingerprint density at radius 2 is 1.94 bits per heavy atom. The van der Waals surface area contributed by atoms with Crippen molar-refractivity contribution < 1.29 is 0 Å². The third-order valence-corrected chi connectivity index (χ3v) is 7.24. The summed E-state index contributed by atoms with van der Waals surface area (Å²) in [5, 5.41) is 0. The number of fused-ring (bicyclic) bond motifs is 3. The Kier molecular flexibility index (Phi) is 2.27. The molecule has 3 fully saturated rings. The second-order valence-electron chi connectivity index (χ2n) is 7.62. The Morgan fingerprint density at radius 1 is 1.19 bits per heavy atom. The van der Waals surface area contributed by atoms with Gasteiger partial charge < -0.3 is 0 Å². The number of rotatable bonds is 1. The molecule has 0 aromatic heterocycles. The minimum Gasteiger partial charge on any atom is -0.0648 e. The van der Waals surface area contributed by atoms with Crippen LogP contribution in [-0.2, 0) is 0 Å². The fourth-order valence-electron chi connectivity index (χ4n) is 5.88. The van der Waals surface area contributed by atoms with E-state index in [1.807, 2.05) is 0 Å². The molecule has 3 saturated carbocycles. The molecule has 0 aromatic rings. The van der Waals surface area contributed by atoms with E-state index in [1.54, 1.807) is 12.8 Å². The zero-order valence-electron chi connectivity index (χ0n) is 11.6. The van der Waals surface area contributed by atoms with Crippen molar-refractivity contribution in [1.29, 1.82) is 0 Å². The van der Waals surface area contributed by atoms with Crippen molar-refractivity contribution >= 4 is 0 Å². The zero-order valence-corrected chi connectivity index (χ0v) is 11.6. The maximum atomic E-state index is 2.60. The first-order valence-electron chi connectivity index (χ1n) is 7.51.